The SMILES string of the molecule is CN1CCCCC1CCN1CCN(CC(=O)O)CC1. The van der Waals surface area contributed by atoms with Crippen molar-refractivity contribution >= 4 is 5.97 Å². The highest BCUT2D eigenvalue weighted by atomic mass is 16.4. The van der Waals surface area contributed by atoms with Crippen LogP contribution in [-0.2, 0) is 4.79 Å². The molecule has 0 amide bonds. The molecule has 1 unspecified atom stereocenters. The molecule has 0 aromatic rings. The minimum absolute atomic E-state index is 0.194. The first-order valence-corrected chi connectivity index (χ1v) is 7.52. The van der Waals surface area contributed by atoms with E-state index in [0.717, 1.165) is 38.8 Å². The van der Waals surface area contributed by atoms with Gasteiger partial charge >= 0.3 is 5.97 Å². The fourth-order valence-corrected chi connectivity index (χ4v) is 3.20. The Balaban J connectivity index is 1.64. The molecule has 0 bridgehead atoms. The number of hydrogen-bond donors (Lipinski definition) is 1. The fraction of sp³-hybridized carbons (Fsp3) is 0.929. The van der Waals surface area contributed by atoms with Gasteiger partial charge in [-0.1, -0.05) is 6.42 Å². The average Bonchev–Trinajstić information content (AvgIpc) is 2.39. The Morgan fingerprint density at radius 1 is 1.11 bits per heavy atom. The Hall–Kier alpha value is -0.650. The van der Waals surface area contributed by atoms with E-state index in [2.05, 4.69) is 16.8 Å². The topological polar surface area (TPSA) is 47.0 Å². The second kappa shape index (κ2) is 7.22. The van der Waals surface area contributed by atoms with Crippen LogP contribution >= 0.6 is 0 Å². The molecule has 2 aliphatic rings. The number of carboxylic acid groups (broad SMARTS) is 1. The molecule has 0 saturated carbocycles. The Labute approximate surface area is 116 Å². The summed E-state index contributed by atoms with van der Waals surface area (Å²) in [6, 6.07) is 0.755. The lowest BCUT2D eigenvalue weighted by molar-refractivity contribution is -0.138. The number of piperidine rings is 1. The Morgan fingerprint density at radius 3 is 2.42 bits per heavy atom. The lowest BCUT2D eigenvalue weighted by atomic mass is 10.00. The standard InChI is InChI=1S/C14H27N3O2/c1-15-6-3-2-4-13(15)5-7-16-8-10-17(11-9-16)12-14(18)19/h13H,2-12H2,1H3,(H,18,19). The van der Waals surface area contributed by atoms with Crippen molar-refractivity contribution in [2.75, 3.05) is 52.9 Å². The van der Waals surface area contributed by atoms with Crippen LogP contribution in [0.1, 0.15) is 25.7 Å². The van der Waals surface area contributed by atoms with E-state index in [1.54, 1.807) is 0 Å². The predicted molar refractivity (Wildman–Crippen MR) is 75.4 cm³/mol. The van der Waals surface area contributed by atoms with Gasteiger partial charge in [-0.15, -0.1) is 0 Å². The lowest BCUT2D eigenvalue weighted by Gasteiger charge is -2.37. The highest BCUT2D eigenvalue weighted by molar-refractivity contribution is 5.69. The van der Waals surface area contributed by atoms with Crippen molar-refractivity contribution in [3.8, 4) is 0 Å². The molecule has 5 nitrogen and oxygen atoms in total. The maximum absolute atomic E-state index is 10.7. The van der Waals surface area contributed by atoms with Crippen LogP contribution in [0, 0.1) is 0 Å². The first-order valence-electron chi connectivity index (χ1n) is 7.52. The zero-order valence-electron chi connectivity index (χ0n) is 12.1. The van der Waals surface area contributed by atoms with Gasteiger partial charge in [0.05, 0.1) is 6.54 Å². The number of hydrogen-bond acceptors (Lipinski definition) is 4. The fourth-order valence-electron chi connectivity index (χ4n) is 3.20. The number of aliphatic carboxylic acids is 1. The van der Waals surface area contributed by atoms with Gasteiger partial charge in [0.15, 0.2) is 0 Å². The molecule has 0 aromatic carbocycles. The quantitative estimate of drug-likeness (QED) is 0.790. The molecule has 2 heterocycles. The summed E-state index contributed by atoms with van der Waals surface area (Å²) in [6.07, 6.45) is 5.33. The van der Waals surface area contributed by atoms with Crippen LogP contribution in [0.2, 0.25) is 0 Å². The van der Waals surface area contributed by atoms with Gasteiger partial charge in [-0.25, -0.2) is 0 Å². The van der Waals surface area contributed by atoms with E-state index < -0.39 is 5.97 Å². The second-order valence-corrected chi connectivity index (χ2v) is 5.93. The number of rotatable bonds is 5. The van der Waals surface area contributed by atoms with E-state index >= 15 is 0 Å². The van der Waals surface area contributed by atoms with E-state index in [-0.39, 0.29) is 6.54 Å². The molecule has 2 fully saturated rings. The van der Waals surface area contributed by atoms with Gasteiger partial charge in [0, 0.05) is 32.2 Å². The molecule has 1 atom stereocenters. The summed E-state index contributed by atoms with van der Waals surface area (Å²) < 4.78 is 0. The van der Waals surface area contributed by atoms with E-state index in [1.165, 1.54) is 32.2 Å². The van der Waals surface area contributed by atoms with Crippen molar-refractivity contribution in [1.29, 1.82) is 0 Å². The van der Waals surface area contributed by atoms with Crippen LogP contribution in [0.4, 0.5) is 0 Å². The third-order valence-electron chi connectivity index (χ3n) is 4.52. The molecular formula is C14H27N3O2. The number of nitrogens with zero attached hydrogens (tertiary/aromatic N) is 3. The minimum atomic E-state index is -0.711. The molecule has 0 aromatic heterocycles. The Bertz CT molecular complexity index is 290. The molecule has 19 heavy (non-hydrogen) atoms. The van der Waals surface area contributed by atoms with Crippen molar-refractivity contribution in [1.82, 2.24) is 14.7 Å². The van der Waals surface area contributed by atoms with E-state index in [4.69, 9.17) is 5.11 Å². The molecule has 110 valence electrons. The summed E-state index contributed by atoms with van der Waals surface area (Å²) in [7, 11) is 2.24. The first-order chi connectivity index (χ1) is 9.15. The number of piperazine rings is 1. The zero-order valence-corrected chi connectivity index (χ0v) is 12.1. The van der Waals surface area contributed by atoms with Gasteiger partial charge in [-0.05, 0) is 39.4 Å². The minimum Gasteiger partial charge on any atom is -0.480 e. The zero-order chi connectivity index (χ0) is 13.7. The van der Waals surface area contributed by atoms with Crippen LogP contribution in [0.5, 0.6) is 0 Å². The normalized spacial score (nSPS) is 27.5. The predicted octanol–water partition coefficient (Wildman–Crippen LogP) is 0.563. The van der Waals surface area contributed by atoms with Crippen molar-refractivity contribution in [2.45, 2.75) is 31.7 Å². The molecule has 0 radical (unpaired) electrons. The van der Waals surface area contributed by atoms with Crippen LogP contribution in [0.15, 0.2) is 0 Å². The molecular weight excluding hydrogens is 242 g/mol. The third-order valence-corrected chi connectivity index (χ3v) is 4.52. The monoisotopic (exact) mass is 269 g/mol. The van der Waals surface area contributed by atoms with Crippen molar-refractivity contribution in [3.05, 3.63) is 0 Å². The van der Waals surface area contributed by atoms with Gasteiger partial charge in [0.25, 0.3) is 0 Å². The highest BCUT2D eigenvalue weighted by Gasteiger charge is 2.22. The average molecular weight is 269 g/mol. The molecule has 5 heteroatoms. The summed E-state index contributed by atoms with van der Waals surface area (Å²) in [6.45, 7) is 6.43. The maximum atomic E-state index is 10.7. The largest absolute Gasteiger partial charge is 0.480 e. The van der Waals surface area contributed by atoms with E-state index in [9.17, 15) is 4.79 Å². The third kappa shape index (κ3) is 4.75. The van der Waals surface area contributed by atoms with Crippen molar-refractivity contribution in [3.63, 3.8) is 0 Å². The van der Waals surface area contributed by atoms with Crippen LogP contribution in [0.3, 0.4) is 0 Å². The van der Waals surface area contributed by atoms with Crippen LogP contribution < -0.4 is 0 Å². The summed E-state index contributed by atoms with van der Waals surface area (Å²) >= 11 is 0. The van der Waals surface area contributed by atoms with Gasteiger partial charge in [-0.3, -0.25) is 9.69 Å². The summed E-state index contributed by atoms with van der Waals surface area (Å²) in [4.78, 5) is 17.7. The summed E-state index contributed by atoms with van der Waals surface area (Å²) in [5, 5.41) is 8.77. The summed E-state index contributed by atoms with van der Waals surface area (Å²) in [5.74, 6) is -0.711. The van der Waals surface area contributed by atoms with Gasteiger partial charge in [-0.2, -0.15) is 0 Å². The number of carboxylic acids is 1. The van der Waals surface area contributed by atoms with E-state index in [1.807, 2.05) is 4.90 Å². The molecule has 0 aliphatic carbocycles. The maximum Gasteiger partial charge on any atom is 0.317 e. The van der Waals surface area contributed by atoms with E-state index in [0.29, 0.717) is 0 Å². The molecule has 0 spiro atoms. The molecule has 1 N–H and O–H groups in total. The van der Waals surface area contributed by atoms with Crippen molar-refractivity contribution in [2.24, 2.45) is 0 Å². The second-order valence-electron chi connectivity index (χ2n) is 5.93. The van der Waals surface area contributed by atoms with Crippen molar-refractivity contribution < 1.29 is 9.90 Å². The summed E-state index contributed by atoms with van der Waals surface area (Å²) in [5.41, 5.74) is 0. The molecule has 2 aliphatic heterocycles. The Kier molecular flexibility index (Phi) is 5.60. The molecule has 2 saturated heterocycles. The Morgan fingerprint density at radius 2 is 1.79 bits per heavy atom. The smallest absolute Gasteiger partial charge is 0.317 e. The lowest BCUT2D eigenvalue weighted by Crippen LogP contribution is -2.49. The number of carbonyl (C=O) groups is 1. The molecule has 2 rings (SSSR count). The first kappa shape index (κ1) is 14.8. The van der Waals surface area contributed by atoms with Crippen LogP contribution in [0.25, 0.3) is 0 Å². The van der Waals surface area contributed by atoms with Crippen LogP contribution in [-0.4, -0.2) is 84.7 Å². The van der Waals surface area contributed by atoms with Gasteiger partial charge in [0.1, 0.15) is 0 Å². The highest BCUT2D eigenvalue weighted by Crippen LogP contribution is 2.18. The van der Waals surface area contributed by atoms with Gasteiger partial charge in [0.2, 0.25) is 0 Å². The van der Waals surface area contributed by atoms with Gasteiger partial charge < -0.3 is 14.9 Å². The number of likely N-dealkylation sites (tertiary alicyclic amines) is 1.